The first kappa shape index (κ1) is 12.9. The molecule has 1 aliphatic carbocycles. The van der Waals surface area contributed by atoms with Crippen LogP contribution in [-0.2, 0) is 5.41 Å². The van der Waals surface area contributed by atoms with Crippen LogP contribution >= 0.6 is 0 Å². The molecule has 20 heavy (non-hydrogen) atoms. The lowest BCUT2D eigenvalue weighted by molar-refractivity contribution is 0.465. The number of hydrogen-bond donors (Lipinski definition) is 2. The van der Waals surface area contributed by atoms with E-state index in [-0.39, 0.29) is 5.41 Å². The summed E-state index contributed by atoms with van der Waals surface area (Å²) in [6.45, 7) is 0.862. The quantitative estimate of drug-likeness (QED) is 0.894. The second-order valence-corrected chi connectivity index (χ2v) is 5.51. The number of hydrogen-bond acceptors (Lipinski definition) is 4. The predicted octanol–water partition coefficient (Wildman–Crippen LogP) is 2.98. The lowest BCUT2D eigenvalue weighted by atomic mass is 9.79. The number of aromatic nitrogens is 2. The number of benzene rings is 1. The van der Waals surface area contributed by atoms with E-state index in [0.29, 0.717) is 11.8 Å². The van der Waals surface area contributed by atoms with E-state index in [4.69, 9.17) is 5.73 Å². The van der Waals surface area contributed by atoms with E-state index in [1.165, 1.54) is 31.2 Å². The number of nitrogens with zero attached hydrogens (tertiary/aromatic N) is 2. The Kier molecular flexibility index (Phi) is 3.54. The largest absolute Gasteiger partial charge is 0.384 e. The van der Waals surface area contributed by atoms with E-state index >= 15 is 0 Å². The molecule has 0 atom stereocenters. The summed E-state index contributed by atoms with van der Waals surface area (Å²) in [6.07, 6.45) is 6.69. The molecule has 0 aliphatic heterocycles. The van der Waals surface area contributed by atoms with Crippen LogP contribution in [0.2, 0.25) is 0 Å². The van der Waals surface area contributed by atoms with E-state index in [9.17, 15) is 0 Å². The van der Waals surface area contributed by atoms with Gasteiger partial charge in [0, 0.05) is 18.2 Å². The molecule has 3 N–H and O–H groups in total. The van der Waals surface area contributed by atoms with Crippen molar-refractivity contribution < 1.29 is 0 Å². The summed E-state index contributed by atoms with van der Waals surface area (Å²) < 4.78 is 0. The van der Waals surface area contributed by atoms with Crippen molar-refractivity contribution >= 4 is 11.8 Å². The van der Waals surface area contributed by atoms with Gasteiger partial charge in [-0.15, -0.1) is 0 Å². The van der Waals surface area contributed by atoms with E-state index < -0.39 is 0 Å². The van der Waals surface area contributed by atoms with Gasteiger partial charge in [0.05, 0.1) is 0 Å². The van der Waals surface area contributed by atoms with Gasteiger partial charge in [0.2, 0.25) is 5.95 Å². The average Bonchev–Trinajstić information content (AvgIpc) is 2.96. The third-order valence-electron chi connectivity index (χ3n) is 4.21. The predicted molar refractivity (Wildman–Crippen MR) is 81.5 cm³/mol. The maximum Gasteiger partial charge on any atom is 0.224 e. The van der Waals surface area contributed by atoms with Gasteiger partial charge in [0.25, 0.3) is 0 Å². The van der Waals surface area contributed by atoms with Gasteiger partial charge in [-0.25, -0.2) is 4.98 Å². The molecule has 1 fully saturated rings. The molecule has 0 saturated heterocycles. The number of nitrogens with one attached hydrogen (secondary N) is 1. The summed E-state index contributed by atoms with van der Waals surface area (Å²) in [7, 11) is 0. The second-order valence-electron chi connectivity index (χ2n) is 5.51. The lowest BCUT2D eigenvalue weighted by Gasteiger charge is -2.30. The number of nitrogen functional groups attached to an aromatic ring is 1. The maximum absolute atomic E-state index is 5.70. The number of rotatable bonds is 4. The molecule has 2 aromatic rings. The van der Waals surface area contributed by atoms with Crippen LogP contribution in [0.4, 0.5) is 11.8 Å². The fourth-order valence-electron chi connectivity index (χ4n) is 3.12. The molecule has 3 rings (SSSR count). The second kappa shape index (κ2) is 5.49. The van der Waals surface area contributed by atoms with Gasteiger partial charge < -0.3 is 11.1 Å². The highest BCUT2D eigenvalue weighted by Crippen LogP contribution is 2.40. The van der Waals surface area contributed by atoms with Crippen LogP contribution < -0.4 is 11.1 Å². The SMILES string of the molecule is Nc1ccnc(NCC2(c3ccccc3)CCCC2)n1. The van der Waals surface area contributed by atoms with Crippen molar-refractivity contribution in [2.24, 2.45) is 0 Å². The molecule has 1 aliphatic rings. The molecule has 0 unspecified atom stereocenters. The smallest absolute Gasteiger partial charge is 0.224 e. The first-order valence-electron chi connectivity index (χ1n) is 7.16. The summed E-state index contributed by atoms with van der Waals surface area (Å²) in [5, 5.41) is 3.36. The van der Waals surface area contributed by atoms with Gasteiger partial charge >= 0.3 is 0 Å². The van der Waals surface area contributed by atoms with Crippen molar-refractivity contribution in [3.63, 3.8) is 0 Å². The molecule has 4 heteroatoms. The van der Waals surface area contributed by atoms with Crippen LogP contribution in [0.5, 0.6) is 0 Å². The molecule has 0 amide bonds. The van der Waals surface area contributed by atoms with Gasteiger partial charge in [-0.05, 0) is 24.5 Å². The summed E-state index contributed by atoms with van der Waals surface area (Å²) in [6, 6.07) is 12.5. The van der Waals surface area contributed by atoms with Crippen molar-refractivity contribution in [3.05, 3.63) is 48.2 Å². The molecule has 4 nitrogen and oxygen atoms in total. The first-order chi connectivity index (χ1) is 9.78. The van der Waals surface area contributed by atoms with Crippen LogP contribution in [0.25, 0.3) is 0 Å². The Bertz CT molecular complexity index is 562. The van der Waals surface area contributed by atoms with Gasteiger partial charge in [-0.2, -0.15) is 4.98 Å². The Morgan fingerprint density at radius 3 is 2.55 bits per heavy atom. The molecular weight excluding hydrogens is 248 g/mol. The van der Waals surface area contributed by atoms with Crippen LogP contribution in [0.15, 0.2) is 42.6 Å². The maximum atomic E-state index is 5.70. The fourth-order valence-corrected chi connectivity index (χ4v) is 3.12. The van der Waals surface area contributed by atoms with Gasteiger partial charge in [-0.3, -0.25) is 0 Å². The van der Waals surface area contributed by atoms with Gasteiger partial charge in [0.1, 0.15) is 5.82 Å². The minimum atomic E-state index is 0.204. The van der Waals surface area contributed by atoms with E-state index in [1.807, 2.05) is 0 Å². The van der Waals surface area contributed by atoms with Crippen molar-refractivity contribution in [2.75, 3.05) is 17.6 Å². The third-order valence-corrected chi connectivity index (χ3v) is 4.21. The Morgan fingerprint density at radius 1 is 1.10 bits per heavy atom. The molecule has 1 saturated carbocycles. The minimum Gasteiger partial charge on any atom is -0.384 e. The molecule has 1 heterocycles. The van der Waals surface area contributed by atoms with Crippen LogP contribution in [0, 0.1) is 0 Å². The van der Waals surface area contributed by atoms with Crippen LogP contribution in [0.1, 0.15) is 31.2 Å². The van der Waals surface area contributed by atoms with Crippen molar-refractivity contribution in [1.82, 2.24) is 9.97 Å². The highest BCUT2D eigenvalue weighted by Gasteiger charge is 2.35. The standard InChI is InChI=1S/C16H20N4/c17-14-8-11-18-15(20-14)19-12-16(9-4-5-10-16)13-6-2-1-3-7-13/h1-3,6-8,11H,4-5,9-10,12H2,(H3,17,18,19,20). The zero-order valence-corrected chi connectivity index (χ0v) is 11.5. The summed E-state index contributed by atoms with van der Waals surface area (Å²) >= 11 is 0. The Labute approximate surface area is 119 Å². The molecule has 1 aromatic heterocycles. The molecule has 0 radical (unpaired) electrons. The molecular formula is C16H20N4. The summed E-state index contributed by atoms with van der Waals surface area (Å²) in [4.78, 5) is 8.44. The van der Waals surface area contributed by atoms with Gasteiger partial charge in [-0.1, -0.05) is 43.2 Å². The topological polar surface area (TPSA) is 63.8 Å². The highest BCUT2D eigenvalue weighted by atomic mass is 15.1. The third kappa shape index (κ3) is 2.59. The van der Waals surface area contributed by atoms with E-state index in [0.717, 1.165) is 6.54 Å². The van der Waals surface area contributed by atoms with Gasteiger partial charge in [0.15, 0.2) is 0 Å². The molecule has 0 bridgehead atoms. The van der Waals surface area contributed by atoms with E-state index in [2.05, 4.69) is 45.6 Å². The van der Waals surface area contributed by atoms with Crippen molar-refractivity contribution in [1.29, 1.82) is 0 Å². The average molecular weight is 268 g/mol. The molecule has 104 valence electrons. The Balaban J connectivity index is 1.79. The lowest BCUT2D eigenvalue weighted by Crippen LogP contribution is -2.31. The summed E-state index contributed by atoms with van der Waals surface area (Å²) in [5.74, 6) is 1.12. The summed E-state index contributed by atoms with van der Waals surface area (Å²) in [5.41, 5.74) is 7.31. The number of anilines is 2. The zero-order chi connectivity index (χ0) is 13.8. The fraction of sp³-hybridized carbons (Fsp3) is 0.375. The molecule has 1 aromatic carbocycles. The Morgan fingerprint density at radius 2 is 1.85 bits per heavy atom. The number of nitrogens with two attached hydrogens (primary N) is 1. The Hall–Kier alpha value is -2.10. The van der Waals surface area contributed by atoms with Crippen LogP contribution in [0.3, 0.4) is 0 Å². The molecule has 0 spiro atoms. The highest BCUT2D eigenvalue weighted by molar-refractivity contribution is 5.37. The first-order valence-corrected chi connectivity index (χ1v) is 7.16. The zero-order valence-electron chi connectivity index (χ0n) is 11.5. The van der Waals surface area contributed by atoms with Crippen molar-refractivity contribution in [2.45, 2.75) is 31.1 Å². The monoisotopic (exact) mass is 268 g/mol. The van der Waals surface area contributed by atoms with Crippen molar-refractivity contribution in [3.8, 4) is 0 Å². The van der Waals surface area contributed by atoms with E-state index in [1.54, 1.807) is 12.3 Å². The normalized spacial score (nSPS) is 17.0. The van der Waals surface area contributed by atoms with Crippen LogP contribution in [-0.4, -0.2) is 16.5 Å². The minimum absolute atomic E-state index is 0.204.